The molecular weight excluding hydrogens is 343 g/mol. The van der Waals surface area contributed by atoms with Gasteiger partial charge < -0.3 is 15.7 Å². The van der Waals surface area contributed by atoms with Crippen LogP contribution in [0.1, 0.15) is 25.7 Å². The lowest BCUT2D eigenvalue weighted by Gasteiger charge is -2.26. The molecule has 1 aliphatic carbocycles. The zero-order valence-electron chi connectivity index (χ0n) is 11.2. The maximum absolute atomic E-state index is 13.0. The van der Waals surface area contributed by atoms with Crippen LogP contribution in [0.3, 0.4) is 0 Å². The van der Waals surface area contributed by atoms with Gasteiger partial charge >= 0.3 is 12.0 Å². The minimum absolute atomic E-state index is 0.0279. The Hall–Kier alpha value is -1.63. The molecule has 0 aliphatic heterocycles. The molecule has 0 unspecified atom stereocenters. The fraction of sp³-hybridized carbons (Fsp3) is 0.429. The number of rotatable bonds is 3. The molecule has 0 aromatic heterocycles. The molecule has 1 aliphatic rings. The summed E-state index contributed by atoms with van der Waals surface area (Å²) in [4.78, 5) is 22.7. The van der Waals surface area contributed by atoms with E-state index >= 15 is 0 Å². The monoisotopic (exact) mass is 358 g/mol. The molecule has 2 rings (SSSR count). The number of nitrogens with one attached hydrogen (secondary N) is 2. The summed E-state index contributed by atoms with van der Waals surface area (Å²) in [5, 5.41) is 14.4. The Balaban J connectivity index is 1.84. The summed E-state index contributed by atoms with van der Waals surface area (Å²) in [7, 11) is 0. The first-order valence-electron chi connectivity index (χ1n) is 6.71. The maximum Gasteiger partial charge on any atom is 0.319 e. The van der Waals surface area contributed by atoms with Gasteiger partial charge in [-0.05, 0) is 59.8 Å². The number of amides is 2. The fourth-order valence-electron chi connectivity index (χ4n) is 2.42. The molecule has 7 heteroatoms. The SMILES string of the molecule is O=C(Nc1ccc(F)cc1Br)NC1CCC(C(=O)O)CC1. The van der Waals surface area contributed by atoms with Gasteiger partial charge in [0.25, 0.3) is 0 Å². The van der Waals surface area contributed by atoms with Gasteiger partial charge in [-0.25, -0.2) is 9.18 Å². The topological polar surface area (TPSA) is 78.4 Å². The van der Waals surface area contributed by atoms with Gasteiger partial charge in [-0.2, -0.15) is 0 Å². The van der Waals surface area contributed by atoms with Crippen LogP contribution in [0.25, 0.3) is 0 Å². The number of halogens is 2. The van der Waals surface area contributed by atoms with Gasteiger partial charge in [-0.15, -0.1) is 0 Å². The average Bonchev–Trinajstić information content (AvgIpc) is 2.42. The van der Waals surface area contributed by atoms with Crippen LogP contribution in [0.5, 0.6) is 0 Å². The second-order valence-electron chi connectivity index (χ2n) is 5.11. The largest absolute Gasteiger partial charge is 0.481 e. The molecule has 1 aromatic rings. The molecule has 1 fully saturated rings. The van der Waals surface area contributed by atoms with Gasteiger partial charge in [0.05, 0.1) is 11.6 Å². The standard InChI is InChI=1S/C14H16BrFN2O3/c15-11-7-9(16)3-6-12(11)18-14(21)17-10-4-1-8(2-5-10)13(19)20/h3,6-8,10H,1-2,4-5H2,(H,19,20)(H2,17,18,21). The van der Waals surface area contributed by atoms with Crippen LogP contribution in [0.15, 0.2) is 22.7 Å². The number of carboxylic acids is 1. The number of carbonyl (C=O) groups excluding carboxylic acids is 1. The number of hydrogen-bond acceptors (Lipinski definition) is 2. The number of carboxylic acid groups (broad SMARTS) is 1. The van der Waals surface area contributed by atoms with Gasteiger partial charge in [0.2, 0.25) is 0 Å². The normalized spacial score (nSPS) is 21.6. The summed E-state index contributed by atoms with van der Waals surface area (Å²) < 4.78 is 13.4. The van der Waals surface area contributed by atoms with Crippen LogP contribution in [0.4, 0.5) is 14.9 Å². The lowest BCUT2D eigenvalue weighted by atomic mass is 9.86. The second-order valence-corrected chi connectivity index (χ2v) is 5.96. The van der Waals surface area contributed by atoms with Crippen LogP contribution >= 0.6 is 15.9 Å². The first-order valence-corrected chi connectivity index (χ1v) is 7.50. The number of benzene rings is 1. The number of anilines is 1. The van der Waals surface area contributed by atoms with Crippen molar-refractivity contribution < 1.29 is 19.1 Å². The van der Waals surface area contributed by atoms with Crippen LogP contribution in [0.2, 0.25) is 0 Å². The second kappa shape index (κ2) is 6.89. The zero-order chi connectivity index (χ0) is 15.4. The van der Waals surface area contributed by atoms with Crippen molar-refractivity contribution in [1.29, 1.82) is 0 Å². The smallest absolute Gasteiger partial charge is 0.319 e. The highest BCUT2D eigenvalue weighted by molar-refractivity contribution is 9.10. The van der Waals surface area contributed by atoms with E-state index in [-0.39, 0.29) is 23.8 Å². The summed E-state index contributed by atoms with van der Waals surface area (Å²) in [5.74, 6) is -1.47. The van der Waals surface area contributed by atoms with Crippen LogP contribution in [-0.2, 0) is 4.79 Å². The molecule has 1 aromatic carbocycles. The quantitative estimate of drug-likeness (QED) is 0.775. The zero-order valence-corrected chi connectivity index (χ0v) is 12.8. The third kappa shape index (κ3) is 4.42. The molecule has 0 atom stereocenters. The summed E-state index contributed by atoms with van der Waals surface area (Å²) in [5.41, 5.74) is 0.480. The molecule has 0 radical (unpaired) electrons. The molecule has 0 bridgehead atoms. The van der Waals surface area contributed by atoms with Crippen molar-refractivity contribution in [3.63, 3.8) is 0 Å². The highest BCUT2D eigenvalue weighted by Gasteiger charge is 2.26. The molecule has 3 N–H and O–H groups in total. The first kappa shape index (κ1) is 15.8. The van der Waals surface area contributed by atoms with E-state index in [1.54, 1.807) is 0 Å². The molecule has 21 heavy (non-hydrogen) atoms. The summed E-state index contributed by atoms with van der Waals surface area (Å²) in [6.07, 6.45) is 2.44. The molecule has 0 heterocycles. The Labute approximate surface area is 130 Å². The third-order valence-corrected chi connectivity index (χ3v) is 4.25. The van der Waals surface area contributed by atoms with E-state index < -0.39 is 5.97 Å². The van der Waals surface area contributed by atoms with Crippen LogP contribution < -0.4 is 10.6 Å². The molecule has 5 nitrogen and oxygen atoms in total. The Kier molecular flexibility index (Phi) is 5.17. The van der Waals surface area contributed by atoms with E-state index in [2.05, 4.69) is 26.6 Å². The molecular formula is C14H16BrFN2O3. The molecule has 2 amide bonds. The van der Waals surface area contributed by atoms with E-state index in [1.165, 1.54) is 18.2 Å². The minimum atomic E-state index is -0.770. The summed E-state index contributed by atoms with van der Waals surface area (Å²) in [6.45, 7) is 0. The molecule has 0 saturated heterocycles. The van der Waals surface area contributed by atoms with Crippen LogP contribution in [-0.4, -0.2) is 23.1 Å². The molecule has 1 saturated carbocycles. The predicted molar refractivity (Wildman–Crippen MR) is 79.6 cm³/mol. The van der Waals surface area contributed by atoms with Crippen LogP contribution in [0, 0.1) is 11.7 Å². The van der Waals surface area contributed by atoms with Gasteiger partial charge in [-0.3, -0.25) is 4.79 Å². The fourth-order valence-corrected chi connectivity index (χ4v) is 2.87. The van der Waals surface area contributed by atoms with Crippen molar-refractivity contribution >= 4 is 33.6 Å². The predicted octanol–water partition coefficient (Wildman–Crippen LogP) is 3.35. The lowest BCUT2D eigenvalue weighted by Crippen LogP contribution is -2.41. The highest BCUT2D eigenvalue weighted by Crippen LogP contribution is 2.25. The molecule has 114 valence electrons. The van der Waals surface area contributed by atoms with E-state index in [4.69, 9.17) is 5.11 Å². The van der Waals surface area contributed by atoms with E-state index in [0.717, 1.165) is 0 Å². The highest BCUT2D eigenvalue weighted by atomic mass is 79.9. The van der Waals surface area contributed by atoms with Crippen molar-refractivity contribution in [2.75, 3.05) is 5.32 Å². The Morgan fingerprint density at radius 3 is 2.48 bits per heavy atom. The Bertz CT molecular complexity index is 545. The van der Waals surface area contributed by atoms with Crippen molar-refractivity contribution in [2.24, 2.45) is 5.92 Å². The van der Waals surface area contributed by atoms with Crippen molar-refractivity contribution in [1.82, 2.24) is 5.32 Å². The summed E-state index contributed by atoms with van der Waals surface area (Å²) >= 11 is 3.18. The number of urea groups is 1. The van der Waals surface area contributed by atoms with Gasteiger partial charge in [-0.1, -0.05) is 0 Å². The molecule has 0 spiro atoms. The van der Waals surface area contributed by atoms with E-state index in [1.807, 2.05) is 0 Å². The first-order chi connectivity index (χ1) is 9.95. The minimum Gasteiger partial charge on any atom is -0.481 e. The number of carbonyl (C=O) groups is 2. The third-order valence-electron chi connectivity index (χ3n) is 3.59. The van der Waals surface area contributed by atoms with E-state index in [0.29, 0.717) is 35.8 Å². The van der Waals surface area contributed by atoms with Crippen molar-refractivity contribution in [2.45, 2.75) is 31.7 Å². The van der Waals surface area contributed by atoms with Crippen molar-refractivity contribution in [3.8, 4) is 0 Å². The van der Waals surface area contributed by atoms with Crippen molar-refractivity contribution in [3.05, 3.63) is 28.5 Å². The summed E-state index contributed by atoms with van der Waals surface area (Å²) in [6, 6.07) is 3.60. The van der Waals surface area contributed by atoms with Gasteiger partial charge in [0.15, 0.2) is 0 Å². The number of aliphatic carboxylic acids is 1. The van der Waals surface area contributed by atoms with Gasteiger partial charge in [0.1, 0.15) is 5.82 Å². The Morgan fingerprint density at radius 1 is 1.24 bits per heavy atom. The maximum atomic E-state index is 13.0. The lowest BCUT2D eigenvalue weighted by molar-refractivity contribution is -0.142. The van der Waals surface area contributed by atoms with Gasteiger partial charge in [0, 0.05) is 10.5 Å². The Morgan fingerprint density at radius 2 is 1.90 bits per heavy atom. The average molecular weight is 359 g/mol. The van der Waals surface area contributed by atoms with E-state index in [9.17, 15) is 14.0 Å². The number of hydrogen-bond donors (Lipinski definition) is 3.